The van der Waals surface area contributed by atoms with Gasteiger partial charge in [-0.05, 0) is 17.5 Å². The molecule has 2 heteroatoms. The Balaban J connectivity index is 2.62. The third kappa shape index (κ3) is 1.32. The number of fused-ring (bicyclic) bond motifs is 1. The second kappa shape index (κ2) is 3.46. The van der Waals surface area contributed by atoms with E-state index in [1.54, 1.807) is 0 Å². The summed E-state index contributed by atoms with van der Waals surface area (Å²) in [6, 6.07) is 10.4. The van der Waals surface area contributed by atoms with Crippen LogP contribution in [-0.2, 0) is 7.05 Å². The standard InChI is InChI=1S/C12H15NO/c1-9(8-14)12-7-10-5-3-4-6-11(10)13(12)2/h3-7,9,14H,8H2,1-2H3/t9-/m0/s1. The monoisotopic (exact) mass is 189 g/mol. The topological polar surface area (TPSA) is 25.2 Å². The molecule has 14 heavy (non-hydrogen) atoms. The fourth-order valence-corrected chi connectivity index (χ4v) is 1.88. The zero-order chi connectivity index (χ0) is 10.1. The van der Waals surface area contributed by atoms with E-state index in [0.29, 0.717) is 0 Å². The summed E-state index contributed by atoms with van der Waals surface area (Å²) in [5.74, 6) is 0.201. The number of rotatable bonds is 2. The predicted molar refractivity (Wildman–Crippen MR) is 58.4 cm³/mol. The highest BCUT2D eigenvalue weighted by atomic mass is 16.3. The maximum atomic E-state index is 9.12. The molecule has 0 fully saturated rings. The van der Waals surface area contributed by atoms with Gasteiger partial charge in [-0.2, -0.15) is 0 Å². The lowest BCUT2D eigenvalue weighted by molar-refractivity contribution is 0.269. The number of aromatic nitrogens is 1. The van der Waals surface area contributed by atoms with E-state index in [0.717, 1.165) is 0 Å². The van der Waals surface area contributed by atoms with Crippen LogP contribution in [0.15, 0.2) is 30.3 Å². The molecule has 74 valence electrons. The number of hydrogen-bond acceptors (Lipinski definition) is 1. The second-order valence-corrected chi connectivity index (χ2v) is 3.77. The van der Waals surface area contributed by atoms with Gasteiger partial charge in [0.15, 0.2) is 0 Å². The molecule has 0 aliphatic heterocycles. The molecule has 1 heterocycles. The van der Waals surface area contributed by atoms with Crippen LogP contribution in [0.2, 0.25) is 0 Å². The minimum absolute atomic E-state index is 0.199. The van der Waals surface area contributed by atoms with Crippen molar-refractivity contribution in [2.75, 3.05) is 6.61 Å². The van der Waals surface area contributed by atoms with Crippen molar-refractivity contribution in [1.82, 2.24) is 4.57 Å². The van der Waals surface area contributed by atoms with Crippen LogP contribution in [0, 0.1) is 0 Å². The molecule has 2 aromatic rings. The van der Waals surface area contributed by atoms with Gasteiger partial charge in [-0.3, -0.25) is 0 Å². The minimum atomic E-state index is 0.199. The number of aliphatic hydroxyl groups excluding tert-OH is 1. The maximum absolute atomic E-state index is 9.12. The summed E-state index contributed by atoms with van der Waals surface area (Å²) in [6.45, 7) is 2.23. The molecule has 0 amide bonds. The summed E-state index contributed by atoms with van der Waals surface area (Å²) in [5, 5.41) is 10.4. The van der Waals surface area contributed by atoms with Crippen molar-refractivity contribution in [1.29, 1.82) is 0 Å². The van der Waals surface area contributed by atoms with Crippen molar-refractivity contribution in [3.8, 4) is 0 Å². The lowest BCUT2D eigenvalue weighted by atomic mass is 10.1. The zero-order valence-electron chi connectivity index (χ0n) is 8.57. The summed E-state index contributed by atoms with van der Waals surface area (Å²) in [5.41, 5.74) is 2.41. The lowest BCUT2D eigenvalue weighted by Crippen LogP contribution is -2.04. The highest BCUT2D eigenvalue weighted by molar-refractivity contribution is 5.81. The van der Waals surface area contributed by atoms with Crippen LogP contribution in [0.3, 0.4) is 0 Å². The van der Waals surface area contributed by atoms with Gasteiger partial charge < -0.3 is 9.67 Å². The van der Waals surface area contributed by atoms with E-state index in [2.05, 4.69) is 22.8 Å². The first-order chi connectivity index (χ1) is 6.74. The maximum Gasteiger partial charge on any atom is 0.0511 e. The smallest absolute Gasteiger partial charge is 0.0511 e. The molecule has 0 unspecified atom stereocenters. The van der Waals surface area contributed by atoms with Crippen molar-refractivity contribution in [2.24, 2.45) is 7.05 Å². The van der Waals surface area contributed by atoms with Gasteiger partial charge in [0.2, 0.25) is 0 Å². The van der Waals surface area contributed by atoms with E-state index in [4.69, 9.17) is 5.11 Å². The van der Waals surface area contributed by atoms with Crippen LogP contribution in [-0.4, -0.2) is 16.3 Å². The molecular formula is C12H15NO. The van der Waals surface area contributed by atoms with Gasteiger partial charge in [0, 0.05) is 24.2 Å². The van der Waals surface area contributed by atoms with Crippen LogP contribution in [0.1, 0.15) is 18.5 Å². The zero-order valence-corrected chi connectivity index (χ0v) is 8.57. The van der Waals surface area contributed by atoms with E-state index in [1.807, 2.05) is 26.1 Å². The fourth-order valence-electron chi connectivity index (χ4n) is 1.88. The number of para-hydroxylation sites is 1. The summed E-state index contributed by atoms with van der Waals surface area (Å²) in [6.07, 6.45) is 0. The highest BCUT2D eigenvalue weighted by Gasteiger charge is 2.10. The molecule has 1 N–H and O–H groups in total. The molecule has 0 aliphatic carbocycles. The first-order valence-electron chi connectivity index (χ1n) is 4.89. The van der Waals surface area contributed by atoms with Gasteiger partial charge >= 0.3 is 0 Å². The molecule has 0 bridgehead atoms. The van der Waals surface area contributed by atoms with Gasteiger partial charge in [-0.15, -0.1) is 0 Å². The molecule has 0 saturated heterocycles. The van der Waals surface area contributed by atoms with Gasteiger partial charge in [-0.25, -0.2) is 0 Å². The number of nitrogens with zero attached hydrogens (tertiary/aromatic N) is 1. The SMILES string of the molecule is C[C@@H](CO)c1cc2ccccc2n1C. The van der Waals surface area contributed by atoms with Gasteiger partial charge in [0.25, 0.3) is 0 Å². The first kappa shape index (κ1) is 9.28. The predicted octanol–water partition coefficient (Wildman–Crippen LogP) is 2.27. The molecular weight excluding hydrogens is 174 g/mol. The first-order valence-corrected chi connectivity index (χ1v) is 4.89. The molecule has 0 spiro atoms. The van der Waals surface area contributed by atoms with Gasteiger partial charge in [-0.1, -0.05) is 25.1 Å². The normalized spacial score (nSPS) is 13.4. The van der Waals surface area contributed by atoms with Crippen LogP contribution < -0.4 is 0 Å². The number of benzene rings is 1. The van der Waals surface area contributed by atoms with E-state index in [9.17, 15) is 0 Å². The van der Waals surface area contributed by atoms with Crippen molar-refractivity contribution < 1.29 is 5.11 Å². The molecule has 1 aromatic heterocycles. The Kier molecular flexibility index (Phi) is 2.30. The molecule has 2 nitrogen and oxygen atoms in total. The van der Waals surface area contributed by atoms with Crippen LogP contribution in [0.5, 0.6) is 0 Å². The van der Waals surface area contributed by atoms with Crippen molar-refractivity contribution in [2.45, 2.75) is 12.8 Å². The van der Waals surface area contributed by atoms with E-state index < -0.39 is 0 Å². The average Bonchev–Trinajstić information content (AvgIpc) is 2.56. The van der Waals surface area contributed by atoms with E-state index in [1.165, 1.54) is 16.6 Å². The minimum Gasteiger partial charge on any atom is -0.396 e. The summed E-state index contributed by atoms with van der Waals surface area (Å²) >= 11 is 0. The Morgan fingerprint density at radius 2 is 2.07 bits per heavy atom. The molecule has 1 aromatic carbocycles. The summed E-state index contributed by atoms with van der Waals surface area (Å²) in [7, 11) is 2.05. The fraction of sp³-hybridized carbons (Fsp3) is 0.333. The van der Waals surface area contributed by atoms with Crippen LogP contribution >= 0.6 is 0 Å². The number of aliphatic hydroxyl groups is 1. The van der Waals surface area contributed by atoms with E-state index in [-0.39, 0.29) is 12.5 Å². The number of aryl methyl sites for hydroxylation is 1. The second-order valence-electron chi connectivity index (χ2n) is 3.77. The van der Waals surface area contributed by atoms with Crippen molar-refractivity contribution >= 4 is 10.9 Å². The molecule has 0 saturated carbocycles. The van der Waals surface area contributed by atoms with Gasteiger partial charge in [0.1, 0.15) is 0 Å². The molecule has 2 rings (SSSR count). The average molecular weight is 189 g/mol. The third-order valence-corrected chi connectivity index (χ3v) is 2.77. The van der Waals surface area contributed by atoms with Crippen molar-refractivity contribution in [3.63, 3.8) is 0 Å². The quantitative estimate of drug-likeness (QED) is 0.770. The Hall–Kier alpha value is -1.28. The molecule has 0 aliphatic rings. The number of hydrogen-bond donors (Lipinski definition) is 1. The Morgan fingerprint density at radius 1 is 1.36 bits per heavy atom. The van der Waals surface area contributed by atoms with E-state index >= 15 is 0 Å². The lowest BCUT2D eigenvalue weighted by Gasteiger charge is -2.09. The molecule has 1 atom stereocenters. The third-order valence-electron chi connectivity index (χ3n) is 2.77. The highest BCUT2D eigenvalue weighted by Crippen LogP contribution is 2.23. The Bertz CT molecular complexity index is 445. The van der Waals surface area contributed by atoms with Crippen LogP contribution in [0.25, 0.3) is 10.9 Å². The van der Waals surface area contributed by atoms with Gasteiger partial charge in [0.05, 0.1) is 6.61 Å². The molecule has 0 radical (unpaired) electrons. The van der Waals surface area contributed by atoms with Crippen LogP contribution in [0.4, 0.5) is 0 Å². The Labute approximate surface area is 83.8 Å². The largest absolute Gasteiger partial charge is 0.396 e. The van der Waals surface area contributed by atoms with Crippen molar-refractivity contribution in [3.05, 3.63) is 36.0 Å². The summed E-state index contributed by atoms with van der Waals surface area (Å²) in [4.78, 5) is 0. The summed E-state index contributed by atoms with van der Waals surface area (Å²) < 4.78 is 2.15. The Morgan fingerprint density at radius 3 is 2.71 bits per heavy atom.